The second kappa shape index (κ2) is 5.18. The van der Waals surface area contributed by atoms with Crippen LogP contribution in [0.15, 0.2) is 18.2 Å². The van der Waals surface area contributed by atoms with Crippen LogP contribution in [-0.4, -0.2) is 27.8 Å². The highest BCUT2D eigenvalue weighted by Gasteiger charge is 2.01. The number of benzene rings is 1. The molecule has 5 nitrogen and oxygen atoms in total. The molecule has 0 aromatic heterocycles. The highest BCUT2D eigenvalue weighted by molar-refractivity contribution is 7.88. The zero-order valence-corrected chi connectivity index (χ0v) is 10.3. The molecule has 0 radical (unpaired) electrons. The molecular weight excluding hydrogens is 226 g/mol. The molecule has 16 heavy (non-hydrogen) atoms. The van der Waals surface area contributed by atoms with E-state index in [1.165, 1.54) is 0 Å². The van der Waals surface area contributed by atoms with E-state index in [4.69, 9.17) is 5.73 Å². The van der Waals surface area contributed by atoms with Gasteiger partial charge in [-0.25, -0.2) is 13.1 Å². The maximum atomic E-state index is 10.8. The van der Waals surface area contributed by atoms with Gasteiger partial charge >= 0.3 is 0 Å². The van der Waals surface area contributed by atoms with Gasteiger partial charge in [-0.1, -0.05) is 6.07 Å². The van der Waals surface area contributed by atoms with Crippen LogP contribution in [0.25, 0.3) is 0 Å². The molecule has 0 atom stereocenters. The smallest absolute Gasteiger partial charge is 0.208 e. The second-order valence-corrected chi connectivity index (χ2v) is 5.45. The van der Waals surface area contributed by atoms with Gasteiger partial charge in [0.25, 0.3) is 0 Å². The molecule has 1 rings (SSSR count). The summed E-state index contributed by atoms with van der Waals surface area (Å²) in [7, 11) is -3.11. The minimum atomic E-state index is -3.11. The van der Waals surface area contributed by atoms with E-state index in [2.05, 4.69) is 10.0 Å². The van der Waals surface area contributed by atoms with Gasteiger partial charge in [0.1, 0.15) is 0 Å². The Kier molecular flexibility index (Phi) is 4.14. The highest BCUT2D eigenvalue weighted by atomic mass is 32.2. The van der Waals surface area contributed by atoms with Crippen molar-refractivity contribution in [2.45, 2.75) is 6.92 Å². The lowest BCUT2D eigenvalue weighted by atomic mass is 10.1. The molecule has 0 unspecified atom stereocenters. The van der Waals surface area contributed by atoms with Gasteiger partial charge in [0.2, 0.25) is 10.0 Å². The minimum absolute atomic E-state index is 0.354. The van der Waals surface area contributed by atoms with Gasteiger partial charge in [0, 0.05) is 24.5 Å². The third-order valence-electron chi connectivity index (χ3n) is 2.18. The van der Waals surface area contributed by atoms with Crippen molar-refractivity contribution in [1.82, 2.24) is 4.72 Å². The molecule has 0 heterocycles. The first kappa shape index (κ1) is 12.8. The Balaban J connectivity index is 2.47. The van der Waals surface area contributed by atoms with Crippen molar-refractivity contribution in [2.75, 3.05) is 30.4 Å². The lowest BCUT2D eigenvalue weighted by molar-refractivity contribution is 0.589. The predicted octanol–water partition coefficient (Wildman–Crippen LogP) is 0.538. The lowest BCUT2D eigenvalue weighted by Gasteiger charge is -2.11. The molecule has 0 spiro atoms. The molecule has 1 aromatic rings. The number of sulfonamides is 1. The topological polar surface area (TPSA) is 84.2 Å². The van der Waals surface area contributed by atoms with Crippen LogP contribution in [0.4, 0.5) is 11.4 Å². The minimum Gasteiger partial charge on any atom is -0.398 e. The van der Waals surface area contributed by atoms with Crippen LogP contribution in [0.2, 0.25) is 0 Å². The van der Waals surface area contributed by atoms with Crippen LogP contribution < -0.4 is 15.8 Å². The molecule has 0 aliphatic carbocycles. The summed E-state index contributed by atoms with van der Waals surface area (Å²) in [6.45, 7) is 2.80. The monoisotopic (exact) mass is 243 g/mol. The number of hydrogen-bond donors (Lipinski definition) is 3. The molecule has 1 aromatic carbocycles. The van der Waals surface area contributed by atoms with Crippen molar-refractivity contribution >= 4 is 21.4 Å². The molecule has 0 fully saturated rings. The third-order valence-corrected chi connectivity index (χ3v) is 2.91. The van der Waals surface area contributed by atoms with Crippen molar-refractivity contribution in [3.05, 3.63) is 23.8 Å². The summed E-state index contributed by atoms with van der Waals surface area (Å²) < 4.78 is 24.0. The van der Waals surface area contributed by atoms with Gasteiger partial charge < -0.3 is 11.1 Å². The molecule has 90 valence electrons. The van der Waals surface area contributed by atoms with Crippen molar-refractivity contribution < 1.29 is 8.42 Å². The zero-order valence-electron chi connectivity index (χ0n) is 9.45. The Labute approximate surface area is 96.1 Å². The number of nitrogens with one attached hydrogen (secondary N) is 2. The number of anilines is 2. The molecule has 4 N–H and O–H groups in total. The molecule has 0 aliphatic rings. The van der Waals surface area contributed by atoms with Crippen molar-refractivity contribution in [3.63, 3.8) is 0 Å². The van der Waals surface area contributed by atoms with Crippen molar-refractivity contribution in [3.8, 4) is 0 Å². The number of rotatable bonds is 5. The number of nitrogen functional groups attached to an aromatic ring is 1. The summed E-state index contributed by atoms with van der Waals surface area (Å²) in [5.41, 5.74) is 8.37. The molecule has 6 heteroatoms. The van der Waals surface area contributed by atoms with E-state index in [1.54, 1.807) is 0 Å². The van der Waals surface area contributed by atoms with Crippen LogP contribution in [0, 0.1) is 6.92 Å². The summed E-state index contributed by atoms with van der Waals surface area (Å²) in [5.74, 6) is 0. The van der Waals surface area contributed by atoms with E-state index < -0.39 is 10.0 Å². The maximum absolute atomic E-state index is 10.8. The normalized spacial score (nSPS) is 11.4. The average Bonchev–Trinajstić information content (AvgIpc) is 2.17. The fourth-order valence-corrected chi connectivity index (χ4v) is 1.75. The van der Waals surface area contributed by atoms with Crippen LogP contribution in [0.1, 0.15) is 5.56 Å². The maximum Gasteiger partial charge on any atom is 0.208 e. The summed E-state index contributed by atoms with van der Waals surface area (Å²) >= 11 is 0. The highest BCUT2D eigenvalue weighted by Crippen LogP contribution is 2.19. The first-order valence-corrected chi connectivity index (χ1v) is 6.83. The van der Waals surface area contributed by atoms with Gasteiger partial charge in [-0.3, -0.25) is 0 Å². The van der Waals surface area contributed by atoms with E-state index >= 15 is 0 Å². The fourth-order valence-electron chi connectivity index (χ4n) is 1.28. The summed E-state index contributed by atoms with van der Waals surface area (Å²) in [6.07, 6.45) is 1.14. The number of hydrogen-bond acceptors (Lipinski definition) is 4. The van der Waals surface area contributed by atoms with Gasteiger partial charge in [-0.15, -0.1) is 0 Å². The first-order chi connectivity index (χ1) is 7.40. The van der Waals surface area contributed by atoms with Crippen molar-refractivity contribution in [2.24, 2.45) is 0 Å². The second-order valence-electron chi connectivity index (χ2n) is 3.61. The van der Waals surface area contributed by atoms with Crippen LogP contribution in [0.5, 0.6) is 0 Å². The average molecular weight is 243 g/mol. The SMILES string of the molecule is Cc1c(N)cccc1NCCNS(C)(=O)=O. The molecule has 0 aliphatic heterocycles. The Hall–Kier alpha value is -1.27. The summed E-state index contributed by atoms with van der Waals surface area (Å²) in [4.78, 5) is 0. The van der Waals surface area contributed by atoms with Crippen LogP contribution in [0.3, 0.4) is 0 Å². The van der Waals surface area contributed by atoms with Gasteiger partial charge in [-0.2, -0.15) is 0 Å². The third kappa shape index (κ3) is 4.08. The largest absolute Gasteiger partial charge is 0.398 e. The standard InChI is InChI=1S/C10H17N3O2S/c1-8-9(11)4-3-5-10(8)12-6-7-13-16(2,14)15/h3-5,12-13H,6-7,11H2,1-2H3. The lowest BCUT2D eigenvalue weighted by Crippen LogP contribution is -2.27. The Bertz CT molecular complexity index is 457. The fraction of sp³-hybridized carbons (Fsp3) is 0.400. The summed E-state index contributed by atoms with van der Waals surface area (Å²) in [5, 5.41) is 3.12. The van der Waals surface area contributed by atoms with E-state index in [1.807, 2.05) is 25.1 Å². The van der Waals surface area contributed by atoms with Crippen molar-refractivity contribution in [1.29, 1.82) is 0 Å². The van der Waals surface area contributed by atoms with E-state index in [9.17, 15) is 8.42 Å². The van der Waals surface area contributed by atoms with Gasteiger partial charge in [0.15, 0.2) is 0 Å². The predicted molar refractivity (Wildman–Crippen MR) is 66.9 cm³/mol. The quantitative estimate of drug-likeness (QED) is 0.520. The van der Waals surface area contributed by atoms with Gasteiger partial charge in [0.05, 0.1) is 6.26 Å². The van der Waals surface area contributed by atoms with E-state index in [0.717, 1.165) is 23.2 Å². The number of nitrogens with two attached hydrogens (primary N) is 1. The Morgan fingerprint density at radius 1 is 1.31 bits per heavy atom. The van der Waals surface area contributed by atoms with E-state index in [-0.39, 0.29) is 0 Å². The summed E-state index contributed by atoms with van der Waals surface area (Å²) in [6, 6.07) is 5.59. The molecule has 0 amide bonds. The molecule has 0 saturated carbocycles. The molecule has 0 bridgehead atoms. The zero-order chi connectivity index (χ0) is 12.2. The molecule has 0 saturated heterocycles. The Morgan fingerprint density at radius 3 is 2.62 bits per heavy atom. The van der Waals surface area contributed by atoms with Crippen LogP contribution >= 0.6 is 0 Å². The van der Waals surface area contributed by atoms with Crippen LogP contribution in [-0.2, 0) is 10.0 Å². The van der Waals surface area contributed by atoms with E-state index in [0.29, 0.717) is 13.1 Å². The first-order valence-electron chi connectivity index (χ1n) is 4.94. The Morgan fingerprint density at radius 2 is 2.00 bits per heavy atom. The molecular formula is C10H17N3O2S. The van der Waals surface area contributed by atoms with Gasteiger partial charge in [-0.05, 0) is 24.6 Å².